The highest BCUT2D eigenvalue weighted by Crippen LogP contribution is 2.30. The molecule has 0 N–H and O–H groups in total. The Morgan fingerprint density at radius 2 is 1.85 bits per heavy atom. The van der Waals surface area contributed by atoms with E-state index in [1.165, 1.54) is 18.0 Å². The lowest BCUT2D eigenvalue weighted by atomic mass is 10.1. The fraction of sp³-hybridized carbons (Fsp3) is 0.0625. The van der Waals surface area contributed by atoms with Crippen molar-refractivity contribution in [3.05, 3.63) is 123 Å². The van der Waals surface area contributed by atoms with Crippen LogP contribution < -0.4 is 15.0 Å². The number of fused-ring (bicyclic) bond motifs is 2. The lowest BCUT2D eigenvalue weighted by Crippen LogP contribution is -2.20. The molecule has 0 aliphatic heterocycles. The van der Waals surface area contributed by atoms with Crippen LogP contribution in [0.25, 0.3) is 33.5 Å². The molecule has 0 saturated carbocycles. The van der Waals surface area contributed by atoms with Crippen LogP contribution >= 0.6 is 11.6 Å². The first kappa shape index (κ1) is 25.9. The third-order valence-corrected chi connectivity index (χ3v) is 6.72. The predicted octanol–water partition coefficient (Wildman–Crippen LogP) is 6.80. The molecule has 0 fully saturated rings. The van der Waals surface area contributed by atoms with E-state index in [4.69, 9.17) is 30.5 Å². The largest absolute Gasteiger partial charge is 0.493 e. The first-order valence-electron chi connectivity index (χ1n) is 12.6. The summed E-state index contributed by atoms with van der Waals surface area (Å²) < 4.78 is 18.7. The second kappa shape index (κ2) is 11.0. The van der Waals surface area contributed by atoms with Crippen LogP contribution in [0.1, 0.15) is 16.7 Å². The van der Waals surface area contributed by atoms with Gasteiger partial charge in [-0.25, -0.2) is 4.98 Å². The van der Waals surface area contributed by atoms with E-state index in [-0.39, 0.29) is 18.0 Å². The molecule has 0 saturated heterocycles. The fourth-order valence-electron chi connectivity index (χ4n) is 4.43. The lowest BCUT2D eigenvalue weighted by molar-refractivity contribution is 0.284. The van der Waals surface area contributed by atoms with Crippen molar-refractivity contribution >= 4 is 39.7 Å². The van der Waals surface area contributed by atoms with Crippen molar-refractivity contribution in [3.8, 4) is 29.2 Å². The predicted molar refractivity (Wildman–Crippen MR) is 158 cm³/mol. The Labute approximate surface area is 239 Å². The van der Waals surface area contributed by atoms with Gasteiger partial charge in [-0.05, 0) is 66.2 Å². The number of para-hydroxylation sites is 1. The highest BCUT2D eigenvalue weighted by atomic mass is 35.5. The second-order valence-electron chi connectivity index (χ2n) is 9.07. The van der Waals surface area contributed by atoms with Crippen LogP contribution in [0.2, 0.25) is 5.02 Å². The molecule has 0 spiro atoms. The number of hydrogen-bond donors (Lipinski definition) is 0. The number of methoxy groups -OCH3 is 1. The zero-order valence-corrected chi connectivity index (χ0v) is 22.5. The summed E-state index contributed by atoms with van der Waals surface area (Å²) in [6.07, 6.45) is 1.54. The van der Waals surface area contributed by atoms with E-state index >= 15 is 0 Å². The number of halogens is 1. The van der Waals surface area contributed by atoms with Crippen LogP contribution in [-0.4, -0.2) is 23.0 Å². The molecule has 0 atom stereocenters. The lowest BCUT2D eigenvalue weighted by Gasteiger charge is -2.12. The Morgan fingerprint density at radius 3 is 2.71 bits per heavy atom. The molecule has 8 nitrogen and oxygen atoms in total. The topological polar surface area (TPSA) is 103 Å². The summed E-state index contributed by atoms with van der Waals surface area (Å²) in [5.74, 6) is 1.60. The van der Waals surface area contributed by atoms with Gasteiger partial charge in [0.25, 0.3) is 5.56 Å². The first-order chi connectivity index (χ1) is 20.0. The number of nitriles is 1. The number of nitrogens with zero attached hydrogens (tertiary/aromatic N) is 4. The van der Waals surface area contributed by atoms with Crippen molar-refractivity contribution in [2.24, 2.45) is 5.10 Å². The minimum atomic E-state index is -0.344. The van der Waals surface area contributed by atoms with E-state index in [1.54, 1.807) is 66.7 Å². The third-order valence-electron chi connectivity index (χ3n) is 6.48. The number of furan rings is 1. The summed E-state index contributed by atoms with van der Waals surface area (Å²) in [7, 11) is 1.54. The Hall–Kier alpha value is -5.39. The molecule has 200 valence electrons. The zero-order valence-electron chi connectivity index (χ0n) is 21.7. The molecule has 0 unspecified atom stereocenters. The van der Waals surface area contributed by atoms with Crippen LogP contribution in [0.3, 0.4) is 0 Å². The summed E-state index contributed by atoms with van der Waals surface area (Å²) >= 11 is 6.16. The van der Waals surface area contributed by atoms with Gasteiger partial charge < -0.3 is 13.9 Å². The van der Waals surface area contributed by atoms with Crippen LogP contribution in [0.4, 0.5) is 0 Å². The van der Waals surface area contributed by atoms with Gasteiger partial charge in [-0.2, -0.15) is 15.0 Å². The van der Waals surface area contributed by atoms with Gasteiger partial charge in [0.1, 0.15) is 12.2 Å². The third kappa shape index (κ3) is 5.14. The van der Waals surface area contributed by atoms with Gasteiger partial charge in [-0.1, -0.05) is 41.9 Å². The average molecular weight is 561 g/mol. The van der Waals surface area contributed by atoms with Gasteiger partial charge >= 0.3 is 0 Å². The summed E-state index contributed by atoms with van der Waals surface area (Å²) in [4.78, 5) is 18.2. The molecular formula is C32H21ClN4O4. The van der Waals surface area contributed by atoms with E-state index in [0.717, 1.165) is 10.9 Å². The molecule has 6 rings (SSSR count). The molecule has 0 aliphatic rings. The van der Waals surface area contributed by atoms with Gasteiger partial charge in [-0.15, -0.1) is 0 Å². The van der Waals surface area contributed by atoms with Gasteiger partial charge in [0.2, 0.25) is 5.82 Å². The minimum absolute atomic E-state index is 0.206. The van der Waals surface area contributed by atoms with Gasteiger partial charge in [0.15, 0.2) is 17.3 Å². The summed E-state index contributed by atoms with van der Waals surface area (Å²) in [6.45, 7) is 0.206. The van der Waals surface area contributed by atoms with Gasteiger partial charge in [-0.3, -0.25) is 4.79 Å². The van der Waals surface area contributed by atoms with Crippen molar-refractivity contribution in [3.63, 3.8) is 0 Å². The Morgan fingerprint density at radius 1 is 1.02 bits per heavy atom. The summed E-state index contributed by atoms with van der Waals surface area (Å²) in [5, 5.41) is 15.6. The van der Waals surface area contributed by atoms with E-state index in [9.17, 15) is 10.1 Å². The molecule has 0 amide bonds. The van der Waals surface area contributed by atoms with Crippen LogP contribution in [0.15, 0.2) is 105 Å². The van der Waals surface area contributed by atoms with Gasteiger partial charge in [0, 0.05) is 16.0 Å². The Bertz CT molecular complexity index is 2060. The molecule has 2 aromatic heterocycles. The first-order valence-corrected chi connectivity index (χ1v) is 13.0. The average Bonchev–Trinajstić information content (AvgIpc) is 3.43. The SMILES string of the molecule is COc1cc(C=Nn2c(-c3cc4cc(Cl)ccc4o3)nc3ccccc3c2=O)ccc1OCc1ccccc1C#N. The number of hydrogen-bond acceptors (Lipinski definition) is 7. The van der Waals surface area contributed by atoms with E-state index in [1.807, 2.05) is 24.3 Å². The van der Waals surface area contributed by atoms with E-state index < -0.39 is 0 Å². The maximum atomic E-state index is 13.5. The monoisotopic (exact) mass is 560 g/mol. The molecular weight excluding hydrogens is 540 g/mol. The Balaban J connectivity index is 1.37. The van der Waals surface area contributed by atoms with Crippen molar-refractivity contribution in [1.29, 1.82) is 5.26 Å². The molecule has 0 aliphatic carbocycles. The van der Waals surface area contributed by atoms with E-state index in [2.05, 4.69) is 11.2 Å². The number of ether oxygens (including phenoxy) is 2. The van der Waals surface area contributed by atoms with Crippen molar-refractivity contribution < 1.29 is 13.9 Å². The second-order valence-corrected chi connectivity index (χ2v) is 9.51. The number of benzene rings is 4. The molecule has 2 heterocycles. The standard InChI is InChI=1S/C32H21ClN4O4/c1-39-29-14-20(10-12-28(29)40-19-22-7-3-2-6-21(22)17-34)18-35-37-31(36-26-9-5-4-8-25(26)32(37)38)30-16-23-15-24(33)11-13-27(23)41-30/h2-16,18H,19H2,1H3. The zero-order chi connectivity index (χ0) is 28.3. The van der Waals surface area contributed by atoms with Gasteiger partial charge in [0.05, 0.1) is 35.9 Å². The normalized spacial score (nSPS) is 11.2. The quantitative estimate of drug-likeness (QED) is 0.199. The maximum absolute atomic E-state index is 13.5. The Kier molecular flexibility index (Phi) is 6.94. The van der Waals surface area contributed by atoms with Crippen LogP contribution in [0.5, 0.6) is 11.5 Å². The van der Waals surface area contributed by atoms with Crippen molar-refractivity contribution in [2.75, 3.05) is 7.11 Å². The molecule has 0 radical (unpaired) electrons. The molecule has 9 heteroatoms. The van der Waals surface area contributed by atoms with Crippen LogP contribution in [-0.2, 0) is 6.61 Å². The maximum Gasteiger partial charge on any atom is 0.282 e. The summed E-state index contributed by atoms with van der Waals surface area (Å²) in [5.41, 5.74) is 2.77. The highest BCUT2D eigenvalue weighted by Gasteiger charge is 2.17. The van der Waals surface area contributed by atoms with Crippen molar-refractivity contribution in [1.82, 2.24) is 9.66 Å². The van der Waals surface area contributed by atoms with Crippen LogP contribution in [0, 0.1) is 11.3 Å². The molecule has 41 heavy (non-hydrogen) atoms. The van der Waals surface area contributed by atoms with Crippen molar-refractivity contribution in [2.45, 2.75) is 6.61 Å². The molecule has 0 bridgehead atoms. The van der Waals surface area contributed by atoms with E-state index in [0.29, 0.717) is 49.9 Å². The summed E-state index contributed by atoms with van der Waals surface area (Å²) in [6, 6.07) is 28.9. The molecule has 6 aromatic rings. The smallest absolute Gasteiger partial charge is 0.282 e. The fourth-order valence-corrected chi connectivity index (χ4v) is 4.61. The molecule has 4 aromatic carbocycles. The number of aromatic nitrogens is 2. The number of rotatable bonds is 7. The minimum Gasteiger partial charge on any atom is -0.493 e. The highest BCUT2D eigenvalue weighted by molar-refractivity contribution is 6.31.